The lowest BCUT2D eigenvalue weighted by atomic mass is 10.2. The highest BCUT2D eigenvalue weighted by Crippen LogP contribution is 2.28. The Hall–Kier alpha value is -2.04. The number of hydrogen-bond acceptors (Lipinski definition) is 3. The van der Waals surface area contributed by atoms with Gasteiger partial charge in [-0.1, -0.05) is 35.3 Å². The summed E-state index contributed by atoms with van der Waals surface area (Å²) in [4.78, 5) is 16.8. The van der Waals surface area contributed by atoms with Gasteiger partial charge in [0.25, 0.3) is 5.56 Å². The predicted molar refractivity (Wildman–Crippen MR) is 87.8 cm³/mol. The van der Waals surface area contributed by atoms with Crippen molar-refractivity contribution in [3.05, 3.63) is 68.7 Å². The SMILES string of the molecule is Cn1c(COc2ccc(Cl)cc2Cl)nc2ccccc2c1=O. The second-order valence-corrected chi connectivity index (χ2v) is 5.62. The largest absolute Gasteiger partial charge is 0.484 e. The zero-order valence-corrected chi connectivity index (χ0v) is 13.2. The van der Waals surface area contributed by atoms with Crippen LogP contribution < -0.4 is 10.3 Å². The topological polar surface area (TPSA) is 44.1 Å². The third-order valence-electron chi connectivity index (χ3n) is 3.33. The molecule has 0 N–H and O–H groups in total. The van der Waals surface area contributed by atoms with E-state index in [2.05, 4.69) is 4.98 Å². The van der Waals surface area contributed by atoms with Gasteiger partial charge in [0.05, 0.1) is 15.9 Å². The van der Waals surface area contributed by atoms with Gasteiger partial charge in [-0.25, -0.2) is 4.98 Å². The van der Waals surface area contributed by atoms with Crippen molar-refractivity contribution in [2.45, 2.75) is 6.61 Å². The van der Waals surface area contributed by atoms with Crippen molar-refractivity contribution < 1.29 is 4.74 Å². The smallest absolute Gasteiger partial charge is 0.261 e. The Balaban J connectivity index is 1.94. The van der Waals surface area contributed by atoms with Crippen LogP contribution in [-0.2, 0) is 13.7 Å². The van der Waals surface area contributed by atoms with Crippen molar-refractivity contribution in [2.24, 2.45) is 7.05 Å². The van der Waals surface area contributed by atoms with E-state index in [1.807, 2.05) is 12.1 Å². The molecule has 22 heavy (non-hydrogen) atoms. The van der Waals surface area contributed by atoms with E-state index in [0.29, 0.717) is 32.5 Å². The van der Waals surface area contributed by atoms with Crippen molar-refractivity contribution in [3.63, 3.8) is 0 Å². The number of fused-ring (bicyclic) bond motifs is 1. The standard InChI is InChI=1S/C16H12Cl2N2O2/c1-20-15(9-22-14-7-6-10(17)8-12(14)18)19-13-5-3-2-4-11(13)16(20)21/h2-8H,9H2,1H3. The monoisotopic (exact) mass is 334 g/mol. The van der Waals surface area contributed by atoms with Gasteiger partial charge in [0.15, 0.2) is 0 Å². The predicted octanol–water partition coefficient (Wildman–Crippen LogP) is 3.82. The van der Waals surface area contributed by atoms with Gasteiger partial charge in [0, 0.05) is 12.1 Å². The van der Waals surface area contributed by atoms with E-state index in [0.717, 1.165) is 0 Å². The van der Waals surface area contributed by atoms with Gasteiger partial charge in [-0.15, -0.1) is 0 Å². The zero-order valence-electron chi connectivity index (χ0n) is 11.7. The number of rotatable bonds is 3. The average molecular weight is 335 g/mol. The number of para-hydroxylation sites is 1. The maximum atomic E-state index is 12.3. The number of benzene rings is 2. The van der Waals surface area contributed by atoms with E-state index in [4.69, 9.17) is 27.9 Å². The summed E-state index contributed by atoms with van der Waals surface area (Å²) in [5.74, 6) is 1.02. The first-order valence-electron chi connectivity index (χ1n) is 6.59. The van der Waals surface area contributed by atoms with Gasteiger partial charge < -0.3 is 4.74 Å². The van der Waals surface area contributed by atoms with Crippen LogP contribution in [0.15, 0.2) is 47.3 Å². The average Bonchev–Trinajstić information content (AvgIpc) is 2.51. The second-order valence-electron chi connectivity index (χ2n) is 4.77. The van der Waals surface area contributed by atoms with Gasteiger partial charge in [0.2, 0.25) is 0 Å². The van der Waals surface area contributed by atoms with Gasteiger partial charge in [-0.05, 0) is 30.3 Å². The molecule has 0 radical (unpaired) electrons. The molecule has 112 valence electrons. The lowest BCUT2D eigenvalue weighted by Gasteiger charge is -2.11. The number of aromatic nitrogens is 2. The van der Waals surface area contributed by atoms with Crippen molar-refractivity contribution in [2.75, 3.05) is 0 Å². The Kier molecular flexibility index (Phi) is 4.05. The Morgan fingerprint density at radius 3 is 2.73 bits per heavy atom. The van der Waals surface area contributed by atoms with Crippen LogP contribution >= 0.6 is 23.2 Å². The van der Waals surface area contributed by atoms with E-state index in [1.54, 1.807) is 37.4 Å². The van der Waals surface area contributed by atoms with Crippen LogP contribution in [-0.4, -0.2) is 9.55 Å². The highest BCUT2D eigenvalue weighted by atomic mass is 35.5. The molecular formula is C16H12Cl2N2O2. The molecule has 0 bridgehead atoms. The molecule has 1 heterocycles. The van der Waals surface area contributed by atoms with Crippen molar-refractivity contribution in [1.29, 1.82) is 0 Å². The number of nitrogens with zero attached hydrogens (tertiary/aromatic N) is 2. The van der Waals surface area contributed by atoms with Crippen LogP contribution in [0.25, 0.3) is 10.9 Å². The van der Waals surface area contributed by atoms with Gasteiger partial charge in [0.1, 0.15) is 18.2 Å². The second kappa shape index (κ2) is 5.99. The molecule has 0 saturated heterocycles. The van der Waals surface area contributed by atoms with Crippen LogP contribution in [0.5, 0.6) is 5.75 Å². The summed E-state index contributed by atoms with van der Waals surface area (Å²) in [6, 6.07) is 12.2. The molecule has 3 rings (SSSR count). The molecule has 0 aliphatic heterocycles. The molecule has 0 spiro atoms. The molecule has 0 aliphatic rings. The number of ether oxygens (including phenoxy) is 1. The molecule has 2 aromatic carbocycles. The van der Waals surface area contributed by atoms with E-state index < -0.39 is 0 Å². The Labute approximate surface area is 136 Å². The first-order valence-corrected chi connectivity index (χ1v) is 7.34. The fourth-order valence-electron chi connectivity index (χ4n) is 2.13. The van der Waals surface area contributed by atoms with Crippen LogP contribution in [0.1, 0.15) is 5.82 Å². The van der Waals surface area contributed by atoms with Crippen molar-refractivity contribution in [3.8, 4) is 5.75 Å². The molecule has 0 unspecified atom stereocenters. The molecular weight excluding hydrogens is 323 g/mol. The maximum absolute atomic E-state index is 12.3. The molecule has 1 aromatic heterocycles. The third kappa shape index (κ3) is 2.80. The molecule has 0 fully saturated rings. The summed E-state index contributed by atoms with van der Waals surface area (Å²) in [7, 11) is 1.67. The van der Waals surface area contributed by atoms with Crippen LogP contribution in [0.3, 0.4) is 0 Å². The fraction of sp³-hybridized carbons (Fsp3) is 0.125. The highest BCUT2D eigenvalue weighted by Gasteiger charge is 2.09. The molecule has 6 heteroatoms. The molecule has 3 aromatic rings. The van der Waals surface area contributed by atoms with Gasteiger partial charge in [-0.2, -0.15) is 0 Å². The molecule has 0 saturated carbocycles. The summed E-state index contributed by atoms with van der Waals surface area (Å²) >= 11 is 11.9. The van der Waals surface area contributed by atoms with Crippen LogP contribution in [0, 0.1) is 0 Å². The minimum absolute atomic E-state index is 0.105. The summed E-state index contributed by atoms with van der Waals surface area (Å²) in [6.07, 6.45) is 0. The lowest BCUT2D eigenvalue weighted by molar-refractivity contribution is 0.290. The normalized spacial score (nSPS) is 10.9. The Morgan fingerprint density at radius 2 is 1.95 bits per heavy atom. The quantitative estimate of drug-likeness (QED) is 0.731. The van der Waals surface area contributed by atoms with Gasteiger partial charge >= 0.3 is 0 Å². The minimum atomic E-state index is -0.105. The number of halogens is 2. The first-order chi connectivity index (χ1) is 10.6. The molecule has 0 amide bonds. The van der Waals surface area contributed by atoms with Crippen molar-refractivity contribution in [1.82, 2.24) is 9.55 Å². The Bertz CT molecular complexity index is 906. The maximum Gasteiger partial charge on any atom is 0.261 e. The highest BCUT2D eigenvalue weighted by molar-refractivity contribution is 6.35. The fourth-order valence-corrected chi connectivity index (χ4v) is 2.59. The summed E-state index contributed by atoms with van der Waals surface area (Å²) in [6.45, 7) is 0.137. The van der Waals surface area contributed by atoms with E-state index in [-0.39, 0.29) is 12.2 Å². The molecule has 4 nitrogen and oxygen atoms in total. The van der Waals surface area contributed by atoms with Crippen LogP contribution in [0.4, 0.5) is 0 Å². The third-order valence-corrected chi connectivity index (χ3v) is 3.86. The summed E-state index contributed by atoms with van der Waals surface area (Å²) < 4.78 is 7.13. The Morgan fingerprint density at radius 1 is 1.18 bits per heavy atom. The van der Waals surface area contributed by atoms with Gasteiger partial charge in [-0.3, -0.25) is 9.36 Å². The van der Waals surface area contributed by atoms with E-state index in [1.165, 1.54) is 4.57 Å². The first kappa shape index (κ1) is 14.9. The number of hydrogen-bond donors (Lipinski definition) is 0. The van der Waals surface area contributed by atoms with E-state index in [9.17, 15) is 4.79 Å². The summed E-state index contributed by atoms with van der Waals surface area (Å²) in [5, 5.41) is 1.53. The van der Waals surface area contributed by atoms with Crippen LogP contribution in [0.2, 0.25) is 10.0 Å². The lowest BCUT2D eigenvalue weighted by Crippen LogP contribution is -2.23. The molecule has 0 aliphatic carbocycles. The minimum Gasteiger partial charge on any atom is -0.484 e. The summed E-state index contributed by atoms with van der Waals surface area (Å²) in [5.41, 5.74) is 0.540. The van der Waals surface area contributed by atoms with E-state index >= 15 is 0 Å². The van der Waals surface area contributed by atoms with Crippen molar-refractivity contribution >= 4 is 34.1 Å². The molecule has 0 atom stereocenters. The zero-order chi connectivity index (χ0) is 15.7.